The number of nitro benzene ring substituents is 1. The molecule has 2 aromatic rings. The number of nitro groups is 1. The van der Waals surface area contributed by atoms with E-state index in [1.807, 2.05) is 4.90 Å². The smallest absolute Gasteiger partial charge is 0.293 e. The third-order valence-corrected chi connectivity index (χ3v) is 7.07. The summed E-state index contributed by atoms with van der Waals surface area (Å²) >= 11 is 0. The molecule has 0 amide bonds. The maximum atomic E-state index is 12.5. The molecule has 0 spiro atoms. The van der Waals surface area contributed by atoms with Crippen LogP contribution in [0, 0.1) is 10.1 Å². The Morgan fingerprint density at radius 1 is 1.06 bits per heavy atom. The van der Waals surface area contributed by atoms with Crippen LogP contribution < -0.4 is 4.90 Å². The lowest BCUT2D eigenvalue weighted by molar-refractivity contribution is -0.384. The Kier molecular flexibility index (Phi) is 6.87. The molecular formula is C22H25N3O5S. The summed E-state index contributed by atoms with van der Waals surface area (Å²) in [7, 11) is -0.690. The molecule has 1 aliphatic heterocycles. The molecule has 164 valence electrons. The first kappa shape index (κ1) is 22.6. The number of benzene rings is 2. The van der Waals surface area contributed by atoms with Crippen LogP contribution in [0.3, 0.4) is 0 Å². The average molecular weight is 444 g/mol. The van der Waals surface area contributed by atoms with Crippen LogP contribution in [0.2, 0.25) is 0 Å². The Balaban J connectivity index is 1.78. The van der Waals surface area contributed by atoms with Crippen molar-refractivity contribution in [3.8, 4) is 0 Å². The highest BCUT2D eigenvalue weighted by Gasteiger charge is 2.21. The van der Waals surface area contributed by atoms with E-state index in [-0.39, 0.29) is 16.4 Å². The van der Waals surface area contributed by atoms with E-state index < -0.39 is 14.9 Å². The van der Waals surface area contributed by atoms with Crippen molar-refractivity contribution in [2.45, 2.75) is 24.2 Å². The zero-order valence-electron chi connectivity index (χ0n) is 17.5. The average Bonchev–Trinajstić information content (AvgIpc) is 2.77. The number of hydrogen-bond acceptors (Lipinski definition) is 6. The lowest BCUT2D eigenvalue weighted by atomic mass is 10.1. The van der Waals surface area contributed by atoms with Crippen LogP contribution in [0.15, 0.2) is 53.4 Å². The predicted octanol–water partition coefficient (Wildman–Crippen LogP) is 3.73. The molecular weight excluding hydrogens is 418 g/mol. The predicted molar refractivity (Wildman–Crippen MR) is 120 cm³/mol. The fraction of sp³-hybridized carbons (Fsp3) is 0.318. The van der Waals surface area contributed by atoms with E-state index in [1.54, 1.807) is 12.1 Å². The summed E-state index contributed by atoms with van der Waals surface area (Å²) in [6.07, 6.45) is 6.02. The minimum Gasteiger partial charge on any atom is -0.366 e. The first-order valence-corrected chi connectivity index (χ1v) is 11.4. The van der Waals surface area contributed by atoms with E-state index in [0.717, 1.165) is 36.7 Å². The van der Waals surface area contributed by atoms with Gasteiger partial charge in [-0.1, -0.05) is 12.1 Å². The highest BCUT2D eigenvalue weighted by molar-refractivity contribution is 7.89. The Bertz CT molecular complexity index is 1100. The molecule has 0 radical (unpaired) electrons. The molecule has 0 N–H and O–H groups in total. The molecule has 3 rings (SSSR count). The van der Waals surface area contributed by atoms with Crippen LogP contribution >= 0.6 is 0 Å². The first-order chi connectivity index (χ1) is 14.7. The summed E-state index contributed by atoms with van der Waals surface area (Å²) in [6.45, 7) is 1.60. The van der Waals surface area contributed by atoms with E-state index in [0.29, 0.717) is 16.8 Å². The molecule has 1 aliphatic rings. The number of piperidine rings is 1. The molecule has 0 aliphatic carbocycles. The van der Waals surface area contributed by atoms with Gasteiger partial charge in [0.2, 0.25) is 10.0 Å². The highest BCUT2D eigenvalue weighted by Crippen LogP contribution is 2.31. The quantitative estimate of drug-likeness (QED) is 0.280. The standard InChI is InChI=1S/C22H25N3O5S/c1-23(2)31(29,30)19-10-8-18(9-11-19)22(26)13-7-17-6-12-20(21(16-17)25(27)28)24-14-4-3-5-15-24/h6-13,16H,3-5,14-15H2,1-2H3/b13-7+. The highest BCUT2D eigenvalue weighted by atomic mass is 32.2. The number of anilines is 1. The van der Waals surface area contributed by atoms with Gasteiger partial charge in [0.05, 0.1) is 9.82 Å². The summed E-state index contributed by atoms with van der Waals surface area (Å²) in [4.78, 5) is 25.8. The molecule has 0 aromatic heterocycles. The van der Waals surface area contributed by atoms with Crippen LogP contribution in [0.25, 0.3) is 6.08 Å². The molecule has 0 bridgehead atoms. The second kappa shape index (κ2) is 9.40. The number of carbonyl (C=O) groups is 1. The fourth-order valence-corrected chi connectivity index (χ4v) is 4.36. The van der Waals surface area contributed by atoms with Gasteiger partial charge in [-0.3, -0.25) is 14.9 Å². The van der Waals surface area contributed by atoms with Gasteiger partial charge in [0, 0.05) is 38.8 Å². The number of hydrogen-bond donors (Lipinski definition) is 0. The van der Waals surface area contributed by atoms with Gasteiger partial charge in [-0.15, -0.1) is 0 Å². The largest absolute Gasteiger partial charge is 0.366 e. The zero-order chi connectivity index (χ0) is 22.6. The van der Waals surface area contributed by atoms with Crippen molar-refractivity contribution in [2.24, 2.45) is 0 Å². The summed E-state index contributed by atoms with van der Waals surface area (Å²) in [5.41, 5.74) is 1.50. The van der Waals surface area contributed by atoms with Crippen LogP contribution in [0.5, 0.6) is 0 Å². The Labute approximate surface area is 182 Å². The van der Waals surface area contributed by atoms with E-state index in [4.69, 9.17) is 0 Å². The number of carbonyl (C=O) groups excluding carboxylic acids is 1. The third kappa shape index (κ3) is 5.18. The number of sulfonamides is 1. The van der Waals surface area contributed by atoms with Gasteiger partial charge >= 0.3 is 0 Å². The van der Waals surface area contributed by atoms with Gasteiger partial charge in [0.15, 0.2) is 5.78 Å². The minimum absolute atomic E-state index is 0.0229. The monoisotopic (exact) mass is 443 g/mol. The number of ketones is 1. The lowest BCUT2D eigenvalue weighted by Crippen LogP contribution is -2.29. The van der Waals surface area contributed by atoms with Crippen LogP contribution in [-0.4, -0.2) is 50.6 Å². The molecule has 0 saturated carbocycles. The van der Waals surface area contributed by atoms with Gasteiger partial charge in [0.25, 0.3) is 5.69 Å². The van der Waals surface area contributed by atoms with Gasteiger partial charge in [-0.25, -0.2) is 12.7 Å². The molecule has 9 heteroatoms. The van der Waals surface area contributed by atoms with Crippen molar-refractivity contribution in [1.29, 1.82) is 0 Å². The maximum Gasteiger partial charge on any atom is 0.293 e. The van der Waals surface area contributed by atoms with Crippen molar-refractivity contribution in [1.82, 2.24) is 4.31 Å². The lowest BCUT2D eigenvalue weighted by Gasteiger charge is -2.28. The normalized spacial score (nSPS) is 14.9. The second-order valence-corrected chi connectivity index (χ2v) is 9.71. The van der Waals surface area contributed by atoms with E-state index >= 15 is 0 Å². The molecule has 31 heavy (non-hydrogen) atoms. The van der Waals surface area contributed by atoms with Crippen molar-refractivity contribution >= 4 is 33.3 Å². The summed E-state index contributed by atoms with van der Waals surface area (Å²) in [5.74, 6) is -0.323. The molecule has 0 unspecified atom stereocenters. The number of allylic oxidation sites excluding steroid dienone is 1. The van der Waals surface area contributed by atoms with Crippen LogP contribution in [-0.2, 0) is 10.0 Å². The first-order valence-electron chi connectivity index (χ1n) is 9.98. The van der Waals surface area contributed by atoms with Gasteiger partial charge in [-0.05, 0) is 61.2 Å². The van der Waals surface area contributed by atoms with Crippen molar-refractivity contribution in [3.05, 3.63) is 69.8 Å². The van der Waals surface area contributed by atoms with Gasteiger partial charge in [0.1, 0.15) is 5.69 Å². The summed E-state index contributed by atoms with van der Waals surface area (Å²) < 4.78 is 25.3. The van der Waals surface area contributed by atoms with Gasteiger partial charge < -0.3 is 4.90 Å². The van der Waals surface area contributed by atoms with E-state index in [9.17, 15) is 23.3 Å². The Morgan fingerprint density at radius 3 is 2.29 bits per heavy atom. The SMILES string of the molecule is CN(C)S(=O)(=O)c1ccc(C(=O)/C=C/c2ccc(N3CCCCC3)c([N+](=O)[O-])c2)cc1. The molecule has 2 aromatic carbocycles. The summed E-state index contributed by atoms with van der Waals surface area (Å²) in [5, 5.41) is 11.6. The van der Waals surface area contributed by atoms with E-state index in [2.05, 4.69) is 0 Å². The molecule has 1 saturated heterocycles. The Morgan fingerprint density at radius 2 is 1.71 bits per heavy atom. The van der Waals surface area contributed by atoms with Crippen LogP contribution in [0.1, 0.15) is 35.2 Å². The molecule has 8 nitrogen and oxygen atoms in total. The fourth-order valence-electron chi connectivity index (χ4n) is 3.46. The zero-order valence-corrected chi connectivity index (χ0v) is 18.3. The van der Waals surface area contributed by atoms with Crippen molar-refractivity contribution in [3.63, 3.8) is 0 Å². The van der Waals surface area contributed by atoms with Crippen molar-refractivity contribution in [2.75, 3.05) is 32.1 Å². The van der Waals surface area contributed by atoms with Gasteiger partial charge in [-0.2, -0.15) is 0 Å². The van der Waals surface area contributed by atoms with E-state index in [1.165, 1.54) is 56.6 Å². The molecule has 1 fully saturated rings. The maximum absolute atomic E-state index is 12.5. The summed E-state index contributed by atoms with van der Waals surface area (Å²) in [6, 6.07) is 10.6. The van der Waals surface area contributed by atoms with Crippen molar-refractivity contribution < 1.29 is 18.1 Å². The van der Waals surface area contributed by atoms with Crippen LogP contribution in [0.4, 0.5) is 11.4 Å². The molecule has 1 heterocycles. The second-order valence-electron chi connectivity index (χ2n) is 7.56. The topological polar surface area (TPSA) is 101 Å². The minimum atomic E-state index is -3.56. The number of nitrogens with zero attached hydrogens (tertiary/aromatic N) is 3. The Hall–Kier alpha value is -3.04. The number of rotatable bonds is 7. The molecule has 0 atom stereocenters. The third-order valence-electron chi connectivity index (χ3n) is 5.24.